The normalized spacial score (nSPS) is 19.6. The van der Waals surface area contributed by atoms with Crippen LogP contribution in [0, 0.1) is 13.8 Å². The number of aliphatic hydroxyl groups is 1. The number of amides is 1. The second-order valence-electron chi connectivity index (χ2n) is 9.06. The Kier molecular flexibility index (Phi) is 5.37. The first-order valence-electron chi connectivity index (χ1n) is 11.5. The van der Waals surface area contributed by atoms with Crippen LogP contribution in [0.3, 0.4) is 0 Å². The molecule has 1 heterocycles. The molecule has 0 bridgehead atoms. The smallest absolute Gasteiger partial charge is 0.300 e. The van der Waals surface area contributed by atoms with E-state index in [0.29, 0.717) is 11.3 Å². The summed E-state index contributed by atoms with van der Waals surface area (Å²) < 4.78 is 0. The van der Waals surface area contributed by atoms with Crippen LogP contribution in [0.5, 0.6) is 0 Å². The number of fused-ring (bicyclic) bond motifs is 1. The fourth-order valence-corrected chi connectivity index (χ4v) is 5.10. The molecular weight excluding hydrogens is 410 g/mol. The molecule has 0 spiro atoms. The summed E-state index contributed by atoms with van der Waals surface area (Å²) >= 11 is 0. The third-order valence-corrected chi connectivity index (χ3v) is 6.83. The van der Waals surface area contributed by atoms with Crippen LogP contribution >= 0.6 is 0 Å². The number of carbonyl (C=O) groups is 2. The Balaban J connectivity index is 1.72. The highest BCUT2D eigenvalue weighted by molar-refractivity contribution is 6.51. The summed E-state index contributed by atoms with van der Waals surface area (Å²) in [6.07, 6.45) is 4.30. The molecule has 2 aliphatic rings. The van der Waals surface area contributed by atoms with E-state index in [4.69, 9.17) is 0 Å². The first-order valence-corrected chi connectivity index (χ1v) is 11.5. The van der Waals surface area contributed by atoms with Gasteiger partial charge in [-0.05, 0) is 85.5 Å². The Morgan fingerprint density at radius 3 is 2.39 bits per heavy atom. The number of nitrogens with zero attached hydrogens (tertiary/aromatic N) is 1. The fourth-order valence-electron chi connectivity index (χ4n) is 5.10. The van der Waals surface area contributed by atoms with E-state index in [1.807, 2.05) is 80.6 Å². The summed E-state index contributed by atoms with van der Waals surface area (Å²) in [7, 11) is 0. The summed E-state index contributed by atoms with van der Waals surface area (Å²) in [5.74, 6) is -1.38. The predicted octanol–water partition coefficient (Wildman–Crippen LogP) is 5.81. The first kappa shape index (κ1) is 21.2. The van der Waals surface area contributed by atoms with Gasteiger partial charge in [0.1, 0.15) is 5.76 Å². The second-order valence-corrected chi connectivity index (χ2v) is 9.06. The molecular formula is C29H27NO3. The maximum Gasteiger partial charge on any atom is 0.300 e. The van der Waals surface area contributed by atoms with Crippen molar-refractivity contribution < 1.29 is 14.7 Å². The molecule has 4 heteroatoms. The van der Waals surface area contributed by atoms with Crippen LogP contribution in [0.15, 0.2) is 72.3 Å². The number of hydrogen-bond acceptors (Lipinski definition) is 3. The van der Waals surface area contributed by atoms with Crippen LogP contribution in [0.4, 0.5) is 5.69 Å². The Morgan fingerprint density at radius 1 is 0.879 bits per heavy atom. The molecule has 1 saturated heterocycles. The minimum absolute atomic E-state index is 0.106. The van der Waals surface area contributed by atoms with E-state index in [0.717, 1.165) is 36.0 Å². The van der Waals surface area contributed by atoms with E-state index in [1.54, 1.807) is 0 Å². The maximum atomic E-state index is 13.4. The van der Waals surface area contributed by atoms with Gasteiger partial charge in [0.2, 0.25) is 0 Å². The van der Waals surface area contributed by atoms with Gasteiger partial charge >= 0.3 is 0 Å². The molecule has 1 amide bonds. The Bertz CT molecular complexity index is 1300. The molecule has 0 radical (unpaired) electrons. The van der Waals surface area contributed by atoms with Crippen molar-refractivity contribution in [3.8, 4) is 0 Å². The summed E-state index contributed by atoms with van der Waals surface area (Å²) in [6.45, 7) is 3.92. The highest BCUT2D eigenvalue weighted by atomic mass is 16.3. The van der Waals surface area contributed by atoms with Gasteiger partial charge in [0, 0.05) is 11.3 Å². The zero-order chi connectivity index (χ0) is 23.1. The van der Waals surface area contributed by atoms with Gasteiger partial charge in [0.25, 0.3) is 11.7 Å². The molecule has 1 atom stereocenters. The number of aryl methyl sites for hydroxylation is 4. The van der Waals surface area contributed by atoms with Crippen LogP contribution in [0.1, 0.15) is 52.3 Å². The lowest BCUT2D eigenvalue weighted by molar-refractivity contribution is -0.132. The predicted molar refractivity (Wildman–Crippen MR) is 130 cm³/mol. The van der Waals surface area contributed by atoms with E-state index >= 15 is 0 Å². The van der Waals surface area contributed by atoms with Crippen LogP contribution in [-0.2, 0) is 22.4 Å². The van der Waals surface area contributed by atoms with Crippen molar-refractivity contribution in [1.82, 2.24) is 0 Å². The lowest BCUT2D eigenvalue weighted by atomic mass is 9.88. The van der Waals surface area contributed by atoms with Gasteiger partial charge in [-0.3, -0.25) is 14.5 Å². The average molecular weight is 438 g/mol. The van der Waals surface area contributed by atoms with E-state index in [9.17, 15) is 14.7 Å². The summed E-state index contributed by atoms with van der Waals surface area (Å²) in [5, 5.41) is 11.4. The number of Topliss-reactive ketones (excluding diaryl/α,β-unsaturated/α-hetero) is 1. The lowest BCUT2D eigenvalue weighted by Gasteiger charge is -2.27. The minimum Gasteiger partial charge on any atom is -0.507 e. The lowest BCUT2D eigenvalue weighted by Crippen LogP contribution is -2.29. The zero-order valence-electron chi connectivity index (χ0n) is 19.0. The molecule has 5 rings (SSSR count). The van der Waals surface area contributed by atoms with Crippen LogP contribution in [-0.4, -0.2) is 16.8 Å². The molecule has 166 valence electrons. The molecule has 1 unspecified atom stereocenters. The van der Waals surface area contributed by atoms with Crippen molar-refractivity contribution in [3.05, 3.63) is 106 Å². The first-order chi connectivity index (χ1) is 16.0. The van der Waals surface area contributed by atoms with E-state index in [-0.39, 0.29) is 11.3 Å². The molecule has 33 heavy (non-hydrogen) atoms. The van der Waals surface area contributed by atoms with E-state index in [1.165, 1.54) is 22.4 Å². The van der Waals surface area contributed by atoms with Gasteiger partial charge in [0.05, 0.1) is 11.6 Å². The fraction of sp³-hybridized carbons (Fsp3) is 0.241. The molecule has 3 aromatic rings. The molecule has 0 saturated carbocycles. The van der Waals surface area contributed by atoms with Gasteiger partial charge in [-0.15, -0.1) is 0 Å². The standard InChI is InChI=1S/C29H27NO3/c1-18-8-7-12-23(16-18)30-26(24-13-6-3-9-19(24)2)25(28(32)29(30)33)27(31)22-15-14-20-10-4-5-11-21(20)17-22/h3,6-9,12-17,26,31H,4-5,10-11H2,1-2H3/b27-25+. The molecule has 1 aliphatic heterocycles. The van der Waals surface area contributed by atoms with Crippen molar-refractivity contribution in [1.29, 1.82) is 0 Å². The highest BCUT2D eigenvalue weighted by Crippen LogP contribution is 2.43. The number of aliphatic hydroxyl groups excluding tert-OH is 1. The molecule has 1 fully saturated rings. The van der Waals surface area contributed by atoms with Crippen LogP contribution < -0.4 is 4.90 Å². The topological polar surface area (TPSA) is 57.6 Å². The minimum atomic E-state index is -0.691. The molecule has 4 nitrogen and oxygen atoms in total. The quantitative estimate of drug-likeness (QED) is 0.320. The number of ketones is 1. The Morgan fingerprint density at radius 2 is 1.64 bits per heavy atom. The molecule has 1 aliphatic carbocycles. The van der Waals surface area contributed by atoms with Gasteiger partial charge in [-0.25, -0.2) is 0 Å². The Hall–Kier alpha value is -3.66. The summed E-state index contributed by atoms with van der Waals surface area (Å²) in [5.41, 5.74) is 6.68. The number of carbonyl (C=O) groups excluding carboxylic acids is 2. The summed E-state index contributed by atoms with van der Waals surface area (Å²) in [4.78, 5) is 28.2. The van der Waals surface area contributed by atoms with Gasteiger partial charge < -0.3 is 5.11 Å². The van der Waals surface area contributed by atoms with Crippen molar-refractivity contribution in [2.24, 2.45) is 0 Å². The van der Waals surface area contributed by atoms with Crippen molar-refractivity contribution >= 4 is 23.1 Å². The monoisotopic (exact) mass is 437 g/mol. The maximum absolute atomic E-state index is 13.4. The van der Waals surface area contributed by atoms with Crippen molar-refractivity contribution in [2.45, 2.75) is 45.6 Å². The van der Waals surface area contributed by atoms with E-state index in [2.05, 4.69) is 0 Å². The van der Waals surface area contributed by atoms with E-state index < -0.39 is 17.7 Å². The molecule has 0 aromatic heterocycles. The highest BCUT2D eigenvalue weighted by Gasteiger charge is 2.47. The number of hydrogen-bond donors (Lipinski definition) is 1. The van der Waals surface area contributed by atoms with Crippen LogP contribution in [0.25, 0.3) is 5.76 Å². The zero-order valence-corrected chi connectivity index (χ0v) is 19.0. The number of benzene rings is 3. The SMILES string of the molecule is Cc1cccc(N2C(=O)C(=O)/C(=C(/O)c3ccc4c(c3)CCCC4)C2c2ccccc2C)c1. The third kappa shape index (κ3) is 3.66. The summed E-state index contributed by atoms with van der Waals surface area (Å²) in [6, 6.07) is 20.5. The van der Waals surface area contributed by atoms with Gasteiger partial charge in [0.15, 0.2) is 0 Å². The van der Waals surface area contributed by atoms with Crippen LogP contribution in [0.2, 0.25) is 0 Å². The number of anilines is 1. The van der Waals surface area contributed by atoms with Gasteiger partial charge in [-0.2, -0.15) is 0 Å². The third-order valence-electron chi connectivity index (χ3n) is 6.83. The molecule has 3 aromatic carbocycles. The van der Waals surface area contributed by atoms with Gasteiger partial charge in [-0.1, -0.05) is 48.5 Å². The number of rotatable bonds is 3. The largest absolute Gasteiger partial charge is 0.507 e. The van der Waals surface area contributed by atoms with Crippen molar-refractivity contribution in [3.63, 3.8) is 0 Å². The molecule has 1 N–H and O–H groups in total. The second kappa shape index (κ2) is 8.36. The van der Waals surface area contributed by atoms with Crippen molar-refractivity contribution in [2.75, 3.05) is 4.90 Å². The average Bonchev–Trinajstić information content (AvgIpc) is 3.09. The Labute approximate surface area is 194 Å².